The number of carboxylic acids is 1. The van der Waals surface area contributed by atoms with Gasteiger partial charge in [0.15, 0.2) is 5.11 Å². The Balaban J connectivity index is 1.39. The normalized spacial score (nSPS) is 19.3. The molecule has 0 spiro atoms. The molecular formula is C29H25ClN4O4S. The van der Waals surface area contributed by atoms with Crippen molar-refractivity contribution < 1.29 is 19.1 Å². The number of pyridine rings is 1. The minimum Gasteiger partial charge on any atom is -0.478 e. The van der Waals surface area contributed by atoms with E-state index >= 15 is 0 Å². The molecule has 2 aromatic heterocycles. The van der Waals surface area contributed by atoms with Crippen LogP contribution in [0, 0.1) is 0 Å². The van der Waals surface area contributed by atoms with E-state index in [0.717, 1.165) is 43.4 Å². The zero-order valence-electron chi connectivity index (χ0n) is 20.8. The second-order valence-corrected chi connectivity index (χ2v) is 10.1. The minimum absolute atomic E-state index is 0.129. The third-order valence-electron chi connectivity index (χ3n) is 7.00. The molecular weight excluding hydrogens is 536 g/mol. The summed E-state index contributed by atoms with van der Waals surface area (Å²) in [5, 5.41) is 13.8. The molecule has 2 N–H and O–H groups in total. The van der Waals surface area contributed by atoms with E-state index < -0.39 is 5.97 Å². The number of nitrogens with zero attached hydrogens (tertiary/aromatic N) is 3. The topological polar surface area (TPSA) is 91.1 Å². The lowest BCUT2D eigenvalue weighted by molar-refractivity contribution is 0.0697. The standard InChI is InChI=1S/C29H25ClN4O4S/c30-22-9-4-18(28(35)36)17-21(22)24-10-11-25(38-24)27-26(23-3-1-2-12-31-23)32-29(39)34(27)20-7-5-19(6-8-20)33-13-15-37-16-14-33/h1-12,17,26-27H,13-16H2,(H,32,39)(H,35,36). The number of thiocarbonyl (C=S) groups is 1. The molecule has 0 amide bonds. The zero-order chi connectivity index (χ0) is 26.9. The van der Waals surface area contributed by atoms with Gasteiger partial charge in [-0.25, -0.2) is 4.79 Å². The van der Waals surface area contributed by atoms with Crippen molar-refractivity contribution in [3.8, 4) is 11.3 Å². The number of aromatic nitrogens is 1. The van der Waals surface area contributed by atoms with Crippen LogP contribution in [0.5, 0.6) is 0 Å². The van der Waals surface area contributed by atoms with Gasteiger partial charge in [-0.2, -0.15) is 0 Å². The summed E-state index contributed by atoms with van der Waals surface area (Å²) in [4.78, 5) is 20.5. The quantitative estimate of drug-likeness (QED) is 0.288. The average Bonchev–Trinajstić information content (AvgIpc) is 3.59. The second kappa shape index (κ2) is 10.7. The van der Waals surface area contributed by atoms with Crippen LogP contribution in [-0.2, 0) is 4.74 Å². The zero-order valence-corrected chi connectivity index (χ0v) is 22.4. The summed E-state index contributed by atoms with van der Waals surface area (Å²) in [5.41, 5.74) is 3.50. The Morgan fingerprint density at radius 1 is 1.03 bits per heavy atom. The van der Waals surface area contributed by atoms with Gasteiger partial charge in [-0.1, -0.05) is 17.7 Å². The summed E-state index contributed by atoms with van der Waals surface area (Å²) in [6.45, 7) is 3.15. The number of anilines is 2. The van der Waals surface area contributed by atoms with Crippen molar-refractivity contribution in [1.82, 2.24) is 10.3 Å². The Bertz CT molecular complexity index is 1510. The second-order valence-electron chi connectivity index (χ2n) is 9.31. The predicted octanol–water partition coefficient (Wildman–Crippen LogP) is 5.71. The summed E-state index contributed by atoms with van der Waals surface area (Å²) in [6, 6.07) is 21.7. The van der Waals surface area contributed by atoms with Crippen molar-refractivity contribution in [3.63, 3.8) is 0 Å². The van der Waals surface area contributed by atoms with Gasteiger partial charge in [-0.05, 0) is 78.9 Å². The van der Waals surface area contributed by atoms with E-state index in [0.29, 0.717) is 27.2 Å². The van der Waals surface area contributed by atoms with Gasteiger partial charge in [0.2, 0.25) is 0 Å². The highest BCUT2D eigenvalue weighted by Gasteiger charge is 2.42. The number of halogens is 1. The lowest BCUT2D eigenvalue weighted by Crippen LogP contribution is -2.36. The van der Waals surface area contributed by atoms with E-state index in [1.807, 2.05) is 29.2 Å². The van der Waals surface area contributed by atoms with Crippen LogP contribution in [0.2, 0.25) is 5.02 Å². The fourth-order valence-corrected chi connectivity index (χ4v) is 5.63. The van der Waals surface area contributed by atoms with E-state index in [1.54, 1.807) is 18.3 Å². The van der Waals surface area contributed by atoms with Gasteiger partial charge in [0.25, 0.3) is 0 Å². The first kappa shape index (κ1) is 25.4. The lowest BCUT2D eigenvalue weighted by Gasteiger charge is -2.30. The van der Waals surface area contributed by atoms with E-state index in [-0.39, 0.29) is 17.6 Å². The van der Waals surface area contributed by atoms with Crippen molar-refractivity contribution in [3.05, 3.63) is 101 Å². The molecule has 4 aromatic rings. The molecule has 2 fully saturated rings. The molecule has 2 aliphatic heterocycles. The number of aromatic carboxylic acids is 1. The van der Waals surface area contributed by atoms with Crippen LogP contribution >= 0.6 is 23.8 Å². The van der Waals surface area contributed by atoms with Gasteiger partial charge in [0.05, 0.1) is 35.5 Å². The molecule has 0 bridgehead atoms. The highest BCUT2D eigenvalue weighted by Crippen LogP contribution is 2.43. The predicted molar refractivity (Wildman–Crippen MR) is 154 cm³/mol. The summed E-state index contributed by atoms with van der Waals surface area (Å²) in [5.74, 6) is 0.0762. The number of hydrogen-bond donors (Lipinski definition) is 2. The van der Waals surface area contributed by atoms with Gasteiger partial charge in [-0.3, -0.25) is 4.98 Å². The van der Waals surface area contributed by atoms with Gasteiger partial charge < -0.3 is 29.4 Å². The molecule has 0 radical (unpaired) electrons. The van der Waals surface area contributed by atoms with Crippen molar-refractivity contribution in [2.24, 2.45) is 0 Å². The molecule has 2 atom stereocenters. The summed E-state index contributed by atoms with van der Waals surface area (Å²) < 4.78 is 11.9. The summed E-state index contributed by atoms with van der Waals surface area (Å²) in [6.07, 6.45) is 1.75. The maximum absolute atomic E-state index is 11.6. The third kappa shape index (κ3) is 4.96. The number of carbonyl (C=O) groups is 1. The number of rotatable bonds is 6. The average molecular weight is 561 g/mol. The Morgan fingerprint density at radius 3 is 2.51 bits per heavy atom. The summed E-state index contributed by atoms with van der Waals surface area (Å²) in [7, 11) is 0. The molecule has 198 valence electrons. The molecule has 0 saturated carbocycles. The largest absolute Gasteiger partial charge is 0.478 e. The van der Waals surface area contributed by atoms with Crippen LogP contribution in [-0.4, -0.2) is 47.5 Å². The monoisotopic (exact) mass is 560 g/mol. The first-order valence-electron chi connectivity index (χ1n) is 12.6. The Labute approximate surface area is 235 Å². The van der Waals surface area contributed by atoms with Crippen molar-refractivity contribution in [2.75, 3.05) is 36.1 Å². The van der Waals surface area contributed by atoms with Crippen LogP contribution in [0.1, 0.15) is 33.9 Å². The molecule has 2 aliphatic rings. The SMILES string of the molecule is O=C(O)c1ccc(Cl)c(-c2ccc(C3C(c4ccccn4)NC(=S)N3c3ccc(N4CCOCC4)cc3)o2)c1. The smallest absolute Gasteiger partial charge is 0.335 e. The minimum atomic E-state index is -1.04. The number of carboxylic acid groups (broad SMARTS) is 1. The number of nitrogens with one attached hydrogen (secondary N) is 1. The van der Waals surface area contributed by atoms with Gasteiger partial charge >= 0.3 is 5.97 Å². The molecule has 39 heavy (non-hydrogen) atoms. The molecule has 4 heterocycles. The molecule has 2 unspecified atom stereocenters. The maximum Gasteiger partial charge on any atom is 0.335 e. The number of hydrogen-bond acceptors (Lipinski definition) is 6. The molecule has 10 heteroatoms. The van der Waals surface area contributed by atoms with Crippen LogP contribution in [0.25, 0.3) is 11.3 Å². The highest BCUT2D eigenvalue weighted by atomic mass is 35.5. The third-order valence-corrected chi connectivity index (χ3v) is 7.64. The van der Waals surface area contributed by atoms with E-state index in [9.17, 15) is 9.90 Å². The molecule has 6 rings (SSSR count). The van der Waals surface area contributed by atoms with E-state index in [2.05, 4.69) is 39.5 Å². The first-order valence-corrected chi connectivity index (χ1v) is 13.3. The number of furan rings is 1. The lowest BCUT2D eigenvalue weighted by atomic mass is 10.0. The molecule has 0 aliphatic carbocycles. The summed E-state index contributed by atoms with van der Waals surface area (Å²) >= 11 is 12.3. The van der Waals surface area contributed by atoms with Crippen LogP contribution in [0.3, 0.4) is 0 Å². The first-order chi connectivity index (χ1) is 19.0. The Kier molecular flexibility index (Phi) is 6.95. The van der Waals surface area contributed by atoms with E-state index in [1.165, 1.54) is 12.1 Å². The molecule has 8 nitrogen and oxygen atoms in total. The van der Waals surface area contributed by atoms with Crippen LogP contribution in [0.15, 0.2) is 83.4 Å². The Hall–Kier alpha value is -3.92. The number of morpholine rings is 1. The van der Waals surface area contributed by atoms with Crippen molar-refractivity contribution >= 4 is 46.3 Å². The fraction of sp³-hybridized carbons (Fsp3) is 0.207. The number of ether oxygens (including phenoxy) is 1. The van der Waals surface area contributed by atoms with Gasteiger partial charge in [0, 0.05) is 36.2 Å². The Morgan fingerprint density at radius 2 is 1.79 bits per heavy atom. The van der Waals surface area contributed by atoms with Crippen molar-refractivity contribution in [2.45, 2.75) is 12.1 Å². The molecule has 2 saturated heterocycles. The highest BCUT2D eigenvalue weighted by molar-refractivity contribution is 7.80. The van der Waals surface area contributed by atoms with Crippen LogP contribution < -0.4 is 15.1 Å². The van der Waals surface area contributed by atoms with Gasteiger partial charge in [0.1, 0.15) is 17.6 Å². The number of benzene rings is 2. The van der Waals surface area contributed by atoms with Gasteiger partial charge in [-0.15, -0.1) is 0 Å². The van der Waals surface area contributed by atoms with Crippen LogP contribution in [0.4, 0.5) is 11.4 Å². The van der Waals surface area contributed by atoms with Crippen molar-refractivity contribution in [1.29, 1.82) is 0 Å². The maximum atomic E-state index is 11.6. The fourth-order valence-electron chi connectivity index (χ4n) is 5.07. The van der Waals surface area contributed by atoms with E-state index in [4.69, 9.17) is 33.0 Å². The molecule has 2 aromatic carbocycles.